The maximum Gasteiger partial charge on any atom is 0.328 e. The maximum atomic E-state index is 12.5. The number of sulfonamides is 1. The molecule has 0 aliphatic rings. The van der Waals surface area contributed by atoms with E-state index in [9.17, 15) is 13.2 Å². The molecule has 0 aliphatic heterocycles. The lowest BCUT2D eigenvalue weighted by Gasteiger charge is -2.11. The molecule has 4 aromatic rings. The average Bonchev–Trinajstić information content (AvgIpc) is 3.16. The summed E-state index contributed by atoms with van der Waals surface area (Å²) in [5.41, 5.74) is 2.81. The van der Waals surface area contributed by atoms with Crippen LogP contribution in [0, 0.1) is 6.92 Å². The van der Waals surface area contributed by atoms with Crippen molar-refractivity contribution in [1.82, 2.24) is 20.0 Å². The minimum absolute atomic E-state index is 0.00659. The number of thiophene rings is 1. The third-order valence-corrected chi connectivity index (χ3v) is 7.56. The van der Waals surface area contributed by atoms with Crippen molar-refractivity contribution in [1.29, 1.82) is 0 Å². The number of aryl methyl sites for hydroxylation is 1. The lowest BCUT2D eigenvalue weighted by Crippen LogP contribution is -2.39. The summed E-state index contributed by atoms with van der Waals surface area (Å²) in [6.45, 7) is 4.46. The van der Waals surface area contributed by atoms with E-state index >= 15 is 0 Å². The van der Waals surface area contributed by atoms with Crippen LogP contribution in [0.4, 0.5) is 16.3 Å². The number of amides is 2. The van der Waals surface area contributed by atoms with Gasteiger partial charge in [0.1, 0.15) is 17.0 Å². The van der Waals surface area contributed by atoms with E-state index < -0.39 is 16.1 Å². The number of nitrogens with one attached hydrogen (secondary N) is 3. The van der Waals surface area contributed by atoms with Crippen LogP contribution in [0.25, 0.3) is 21.3 Å². The van der Waals surface area contributed by atoms with Gasteiger partial charge < -0.3 is 10.6 Å². The van der Waals surface area contributed by atoms with E-state index in [1.54, 1.807) is 23.5 Å². The number of nitrogens with zero attached hydrogens (tertiary/aromatic N) is 2. The summed E-state index contributed by atoms with van der Waals surface area (Å²) in [4.78, 5) is 22.7. The maximum absolute atomic E-state index is 12.5. The van der Waals surface area contributed by atoms with Gasteiger partial charge in [0, 0.05) is 22.7 Å². The third-order valence-electron chi connectivity index (χ3n) is 5.20. The summed E-state index contributed by atoms with van der Waals surface area (Å²) < 4.78 is 27.1. The van der Waals surface area contributed by atoms with Gasteiger partial charge in [0.25, 0.3) is 10.0 Å². The largest absolute Gasteiger partial charge is 0.340 e. The van der Waals surface area contributed by atoms with E-state index in [2.05, 4.69) is 39.7 Å². The predicted molar refractivity (Wildman–Crippen MR) is 136 cm³/mol. The third kappa shape index (κ3) is 5.18. The smallest absolute Gasteiger partial charge is 0.328 e. The Balaban J connectivity index is 1.57. The summed E-state index contributed by atoms with van der Waals surface area (Å²) in [7, 11) is -3.97. The molecule has 4 rings (SSSR count). The van der Waals surface area contributed by atoms with Crippen LogP contribution in [-0.4, -0.2) is 31.0 Å². The van der Waals surface area contributed by atoms with Crippen molar-refractivity contribution in [2.45, 2.75) is 31.6 Å². The van der Waals surface area contributed by atoms with Crippen LogP contribution in [-0.2, 0) is 10.0 Å². The van der Waals surface area contributed by atoms with Gasteiger partial charge in [0.2, 0.25) is 0 Å². The Morgan fingerprint density at radius 2 is 1.76 bits per heavy atom. The first kappa shape index (κ1) is 23.7. The predicted octanol–water partition coefficient (Wildman–Crippen LogP) is 5.20. The van der Waals surface area contributed by atoms with Gasteiger partial charge in [-0.15, -0.1) is 11.3 Å². The average molecular weight is 496 g/mol. The van der Waals surface area contributed by atoms with Gasteiger partial charge in [-0.3, -0.25) is 0 Å². The van der Waals surface area contributed by atoms with Gasteiger partial charge in [-0.05, 0) is 43.2 Å². The van der Waals surface area contributed by atoms with Crippen molar-refractivity contribution in [3.8, 4) is 11.1 Å². The number of benzene rings is 2. The zero-order chi connectivity index (χ0) is 24.1. The molecule has 0 atom stereocenters. The number of urea groups is 1. The lowest BCUT2D eigenvalue weighted by molar-refractivity contribution is 0.245. The van der Waals surface area contributed by atoms with Gasteiger partial charge in [0.15, 0.2) is 0 Å². The summed E-state index contributed by atoms with van der Waals surface area (Å²) in [5.74, 6) is 0.636. The van der Waals surface area contributed by atoms with Gasteiger partial charge in [-0.25, -0.2) is 27.9 Å². The SMILES string of the molecule is CCCCNC(=O)NS(=O)(=O)c1ccc(Nc2ncnc3sc(C)c(-c4ccccc4)c23)cc1. The molecule has 0 aliphatic carbocycles. The highest BCUT2D eigenvalue weighted by Crippen LogP contribution is 2.40. The molecule has 0 saturated heterocycles. The molecule has 3 N–H and O–H groups in total. The fourth-order valence-corrected chi connectivity index (χ4v) is 5.48. The number of carbonyl (C=O) groups is 1. The second kappa shape index (κ2) is 10.2. The van der Waals surface area contributed by atoms with E-state index in [-0.39, 0.29) is 4.90 Å². The zero-order valence-corrected chi connectivity index (χ0v) is 20.5. The number of hydrogen-bond acceptors (Lipinski definition) is 7. The number of hydrogen-bond donors (Lipinski definition) is 3. The topological polar surface area (TPSA) is 113 Å². The van der Waals surface area contributed by atoms with Gasteiger partial charge in [-0.1, -0.05) is 43.7 Å². The van der Waals surface area contributed by atoms with Crippen molar-refractivity contribution >= 4 is 49.1 Å². The molecule has 2 aromatic heterocycles. The molecular formula is C24H25N5O3S2. The molecule has 176 valence electrons. The Hall–Kier alpha value is -3.50. The zero-order valence-electron chi connectivity index (χ0n) is 18.8. The quantitative estimate of drug-likeness (QED) is 0.290. The summed E-state index contributed by atoms with van der Waals surface area (Å²) in [5, 5.41) is 6.74. The van der Waals surface area contributed by atoms with E-state index in [1.807, 2.05) is 29.8 Å². The van der Waals surface area contributed by atoms with E-state index in [1.165, 1.54) is 18.5 Å². The van der Waals surface area contributed by atoms with Crippen LogP contribution >= 0.6 is 11.3 Å². The summed E-state index contributed by atoms with van der Waals surface area (Å²) >= 11 is 1.60. The van der Waals surface area contributed by atoms with Crippen molar-refractivity contribution in [2.24, 2.45) is 0 Å². The normalized spacial score (nSPS) is 11.4. The molecule has 0 bridgehead atoms. The van der Waals surface area contributed by atoms with Crippen molar-refractivity contribution in [2.75, 3.05) is 11.9 Å². The van der Waals surface area contributed by atoms with Gasteiger partial charge in [-0.2, -0.15) is 0 Å². The highest BCUT2D eigenvalue weighted by atomic mass is 32.2. The van der Waals surface area contributed by atoms with E-state index in [0.29, 0.717) is 18.1 Å². The molecule has 2 heterocycles. The Morgan fingerprint density at radius 1 is 1.03 bits per heavy atom. The second-order valence-corrected chi connectivity index (χ2v) is 10.6. The highest BCUT2D eigenvalue weighted by Gasteiger charge is 2.19. The molecular weight excluding hydrogens is 470 g/mol. The molecule has 34 heavy (non-hydrogen) atoms. The van der Waals surface area contributed by atoms with Crippen LogP contribution < -0.4 is 15.4 Å². The number of aromatic nitrogens is 2. The molecule has 8 nitrogen and oxygen atoms in total. The number of carbonyl (C=O) groups excluding carboxylic acids is 1. The van der Waals surface area contributed by atoms with E-state index in [0.717, 1.165) is 39.1 Å². The molecule has 2 amide bonds. The van der Waals surface area contributed by atoms with Crippen LogP contribution in [0.15, 0.2) is 65.8 Å². The summed E-state index contributed by atoms with van der Waals surface area (Å²) in [6.07, 6.45) is 3.19. The van der Waals surface area contributed by atoms with Gasteiger partial charge >= 0.3 is 6.03 Å². The van der Waals surface area contributed by atoms with Crippen molar-refractivity contribution < 1.29 is 13.2 Å². The van der Waals surface area contributed by atoms with Crippen LogP contribution in [0.3, 0.4) is 0 Å². The minimum atomic E-state index is -3.97. The molecule has 0 radical (unpaired) electrons. The number of anilines is 2. The minimum Gasteiger partial charge on any atom is -0.340 e. The first-order valence-electron chi connectivity index (χ1n) is 10.9. The van der Waals surface area contributed by atoms with Crippen LogP contribution in [0.1, 0.15) is 24.6 Å². The Bertz CT molecular complexity index is 1400. The Morgan fingerprint density at radius 3 is 2.47 bits per heavy atom. The fourth-order valence-electron chi connectivity index (χ4n) is 3.54. The standard InChI is InChI=1S/C24H25N5O3S2/c1-3-4-14-25-24(30)29-34(31,32)19-12-10-18(11-13-19)28-22-21-20(17-8-6-5-7-9-17)16(2)33-23(21)27-15-26-22/h5-13,15H,3-4,14H2,1-2H3,(H2,25,29,30)(H,26,27,28). The molecule has 0 saturated carbocycles. The Labute approximate surface area is 202 Å². The first-order chi connectivity index (χ1) is 16.4. The second-order valence-electron chi connectivity index (χ2n) is 7.67. The lowest BCUT2D eigenvalue weighted by atomic mass is 10.0. The Kier molecular flexibility index (Phi) is 7.09. The van der Waals surface area contributed by atoms with Crippen LogP contribution in [0.5, 0.6) is 0 Å². The first-order valence-corrected chi connectivity index (χ1v) is 13.2. The van der Waals surface area contributed by atoms with Crippen LogP contribution in [0.2, 0.25) is 0 Å². The highest BCUT2D eigenvalue weighted by molar-refractivity contribution is 7.90. The molecule has 0 spiro atoms. The number of unbranched alkanes of at least 4 members (excludes halogenated alkanes) is 1. The molecule has 0 unspecified atom stereocenters. The van der Waals surface area contributed by atoms with Gasteiger partial charge in [0.05, 0.1) is 10.3 Å². The van der Waals surface area contributed by atoms with Crippen molar-refractivity contribution in [3.63, 3.8) is 0 Å². The van der Waals surface area contributed by atoms with Crippen molar-refractivity contribution in [3.05, 3.63) is 65.8 Å². The number of fused-ring (bicyclic) bond motifs is 1. The monoisotopic (exact) mass is 495 g/mol. The summed E-state index contributed by atoms with van der Waals surface area (Å²) in [6, 6.07) is 15.5. The fraction of sp³-hybridized carbons (Fsp3) is 0.208. The molecule has 0 fully saturated rings. The van der Waals surface area contributed by atoms with E-state index in [4.69, 9.17) is 0 Å². The molecule has 10 heteroatoms. The number of rotatable bonds is 8. The molecule has 2 aromatic carbocycles.